The zero-order chi connectivity index (χ0) is 40.1. The fraction of sp³-hybridized carbons (Fsp3) is 0.385. The number of alkyl carbamates (subject to hydrolysis) is 2. The van der Waals surface area contributed by atoms with Gasteiger partial charge in [-0.15, -0.1) is 6.42 Å². The molecule has 0 radical (unpaired) electrons. The second-order valence-corrected chi connectivity index (χ2v) is 15.1. The molecule has 16 heteroatoms. The van der Waals surface area contributed by atoms with Crippen molar-refractivity contribution in [2.45, 2.75) is 83.1 Å². The maximum absolute atomic E-state index is 14.2. The normalized spacial score (nSPS) is 17.0. The summed E-state index contributed by atoms with van der Waals surface area (Å²) in [6.07, 6.45) is -2.85. The van der Waals surface area contributed by atoms with Crippen molar-refractivity contribution in [2.75, 3.05) is 19.6 Å². The lowest BCUT2D eigenvalue weighted by molar-refractivity contribution is -0.161. The van der Waals surface area contributed by atoms with Gasteiger partial charge in [0.05, 0.1) is 30.2 Å². The van der Waals surface area contributed by atoms with Crippen LogP contribution in [0.3, 0.4) is 0 Å². The topological polar surface area (TPSA) is 173 Å². The molecule has 0 saturated carbocycles. The van der Waals surface area contributed by atoms with Crippen molar-refractivity contribution in [3.63, 3.8) is 0 Å². The SMILES string of the molecule is C#CCN(C[C@@H]1[C@@H](OC(=O)NCc2ccccc2)[C@@H](OC(=O)NCc2ccccc2)CN(C(=O)OC(C)C)N1C(=O)OC(C)C)S(=O)(=O)c1ccc(C)cc1. The van der Waals surface area contributed by atoms with Crippen LogP contribution in [0, 0.1) is 19.3 Å². The van der Waals surface area contributed by atoms with Gasteiger partial charge in [0.25, 0.3) is 0 Å². The molecule has 294 valence electrons. The number of benzene rings is 3. The van der Waals surface area contributed by atoms with Crippen LogP contribution in [0.15, 0.2) is 89.8 Å². The van der Waals surface area contributed by atoms with E-state index >= 15 is 0 Å². The second-order valence-electron chi connectivity index (χ2n) is 13.2. The van der Waals surface area contributed by atoms with Crippen LogP contribution >= 0.6 is 0 Å². The number of hydrogen-bond donors (Lipinski definition) is 2. The highest BCUT2D eigenvalue weighted by atomic mass is 32.2. The zero-order valence-corrected chi connectivity index (χ0v) is 32.2. The van der Waals surface area contributed by atoms with Gasteiger partial charge in [-0.3, -0.25) is 0 Å². The van der Waals surface area contributed by atoms with Gasteiger partial charge in [-0.1, -0.05) is 84.3 Å². The van der Waals surface area contributed by atoms with Crippen LogP contribution in [0.2, 0.25) is 0 Å². The van der Waals surface area contributed by atoms with E-state index in [-0.39, 0.29) is 18.0 Å². The molecule has 0 unspecified atom stereocenters. The number of carbonyl (C=O) groups excluding carboxylic acids is 4. The highest BCUT2D eigenvalue weighted by Crippen LogP contribution is 2.29. The molecule has 1 aliphatic heterocycles. The second kappa shape index (κ2) is 19.5. The molecule has 3 atom stereocenters. The van der Waals surface area contributed by atoms with Gasteiger partial charge in [-0.25, -0.2) is 37.6 Å². The molecule has 0 spiro atoms. The Morgan fingerprint density at radius 3 is 1.82 bits per heavy atom. The summed E-state index contributed by atoms with van der Waals surface area (Å²) in [6, 6.07) is 22.4. The third-order valence-corrected chi connectivity index (χ3v) is 9.95. The quantitative estimate of drug-likeness (QED) is 0.174. The van der Waals surface area contributed by atoms with Gasteiger partial charge in [0.15, 0.2) is 12.2 Å². The third-order valence-electron chi connectivity index (χ3n) is 8.12. The van der Waals surface area contributed by atoms with Gasteiger partial charge in [-0.05, 0) is 57.9 Å². The van der Waals surface area contributed by atoms with Crippen LogP contribution in [0.4, 0.5) is 19.2 Å². The molecule has 4 rings (SSSR count). The Bertz CT molecular complexity index is 1900. The number of rotatable bonds is 13. The van der Waals surface area contributed by atoms with Gasteiger partial charge in [-0.2, -0.15) is 4.31 Å². The number of hydrazine groups is 1. The largest absolute Gasteiger partial charge is 0.445 e. The Kier molecular flexibility index (Phi) is 14.9. The van der Waals surface area contributed by atoms with Crippen LogP contribution in [-0.4, -0.2) is 97.2 Å². The number of nitrogens with one attached hydrogen (secondary N) is 2. The molecule has 55 heavy (non-hydrogen) atoms. The van der Waals surface area contributed by atoms with E-state index in [4.69, 9.17) is 25.4 Å². The number of aryl methyl sites for hydroxylation is 1. The molecule has 3 aromatic carbocycles. The molecular formula is C39H47N5O10S. The van der Waals surface area contributed by atoms with Gasteiger partial charge < -0.3 is 29.6 Å². The molecule has 0 bridgehead atoms. The molecule has 1 aliphatic rings. The number of terminal acetylenes is 1. The van der Waals surface area contributed by atoms with Gasteiger partial charge in [0.2, 0.25) is 10.0 Å². The molecule has 2 N–H and O–H groups in total. The summed E-state index contributed by atoms with van der Waals surface area (Å²) >= 11 is 0. The maximum atomic E-state index is 14.2. The predicted molar refractivity (Wildman–Crippen MR) is 201 cm³/mol. The Labute approximate surface area is 321 Å². The minimum atomic E-state index is -4.39. The fourth-order valence-corrected chi connectivity index (χ4v) is 6.96. The first kappa shape index (κ1) is 42.0. The molecule has 1 saturated heterocycles. The molecule has 0 aliphatic carbocycles. The minimum Gasteiger partial charge on any atom is -0.445 e. The van der Waals surface area contributed by atoms with Crippen molar-refractivity contribution in [2.24, 2.45) is 0 Å². The lowest BCUT2D eigenvalue weighted by Crippen LogP contribution is -2.71. The van der Waals surface area contributed by atoms with Gasteiger partial charge >= 0.3 is 24.4 Å². The molecule has 0 aromatic heterocycles. The summed E-state index contributed by atoms with van der Waals surface area (Å²) in [6.45, 7) is 6.52. The zero-order valence-electron chi connectivity index (χ0n) is 31.4. The monoisotopic (exact) mass is 777 g/mol. The Morgan fingerprint density at radius 1 is 0.800 bits per heavy atom. The molecule has 3 aromatic rings. The molecule has 15 nitrogen and oxygen atoms in total. The average molecular weight is 778 g/mol. The smallest absolute Gasteiger partial charge is 0.429 e. The summed E-state index contributed by atoms with van der Waals surface area (Å²) in [4.78, 5) is 54.6. The summed E-state index contributed by atoms with van der Waals surface area (Å²) in [5.41, 5.74) is 2.30. The van der Waals surface area contributed by atoms with E-state index in [2.05, 4.69) is 16.6 Å². The fourth-order valence-electron chi connectivity index (χ4n) is 5.58. The number of carbonyl (C=O) groups is 4. The van der Waals surface area contributed by atoms with E-state index in [1.165, 1.54) is 12.1 Å². The van der Waals surface area contributed by atoms with E-state index in [1.807, 2.05) is 12.1 Å². The van der Waals surface area contributed by atoms with Crippen LogP contribution in [0.25, 0.3) is 0 Å². The van der Waals surface area contributed by atoms with Crippen molar-refractivity contribution in [1.29, 1.82) is 0 Å². The first-order valence-corrected chi connectivity index (χ1v) is 19.1. The van der Waals surface area contributed by atoms with Crippen molar-refractivity contribution >= 4 is 34.4 Å². The van der Waals surface area contributed by atoms with Crippen molar-refractivity contribution < 1.29 is 46.5 Å². The van der Waals surface area contributed by atoms with Crippen molar-refractivity contribution in [1.82, 2.24) is 25.0 Å². The minimum absolute atomic E-state index is 0.0388. The molecule has 1 fully saturated rings. The summed E-state index contributed by atoms with van der Waals surface area (Å²) in [5.74, 6) is 2.34. The molecule has 1 heterocycles. The maximum Gasteiger partial charge on any atom is 0.429 e. The van der Waals surface area contributed by atoms with Crippen molar-refractivity contribution in [3.05, 3.63) is 102 Å². The number of amides is 4. The highest BCUT2D eigenvalue weighted by molar-refractivity contribution is 7.89. The van der Waals surface area contributed by atoms with E-state index in [0.717, 1.165) is 31.0 Å². The molecular weight excluding hydrogens is 731 g/mol. The van der Waals surface area contributed by atoms with Crippen molar-refractivity contribution in [3.8, 4) is 12.3 Å². The van der Waals surface area contributed by atoms with Crippen LogP contribution in [0.1, 0.15) is 44.4 Å². The van der Waals surface area contributed by atoms with Crippen LogP contribution in [-0.2, 0) is 42.1 Å². The Morgan fingerprint density at radius 2 is 1.31 bits per heavy atom. The lowest BCUT2D eigenvalue weighted by atomic mass is 10.0. The van der Waals surface area contributed by atoms with E-state index in [0.29, 0.717) is 0 Å². The first-order valence-electron chi connectivity index (χ1n) is 17.6. The molecule has 4 amide bonds. The van der Waals surface area contributed by atoms with Gasteiger partial charge in [0.1, 0.15) is 6.04 Å². The Balaban J connectivity index is 1.82. The standard InChI is InChI=1S/C39H47N5O10S/c1-7-22-42(55(49,50)32-20-18-29(6)19-21-32)25-33-35(54-37(46)41-24-31-16-12-9-13-17-31)34(53-36(45)40-23-30-14-10-8-11-15-30)26-43(38(47)51-27(2)3)44(33)39(48)52-28(4)5/h1,8-21,27-28,33-35H,22-26H2,2-6H3,(H,40,45)(H,41,46)/t33-,34+,35-/m1/s1. The number of ether oxygens (including phenoxy) is 4. The van der Waals surface area contributed by atoms with E-state index in [9.17, 15) is 27.6 Å². The van der Waals surface area contributed by atoms with Crippen LogP contribution < -0.4 is 10.6 Å². The first-order chi connectivity index (χ1) is 26.2. The highest BCUT2D eigenvalue weighted by Gasteiger charge is 2.53. The number of hydrogen-bond acceptors (Lipinski definition) is 10. The number of sulfonamides is 1. The van der Waals surface area contributed by atoms with Crippen LogP contribution in [0.5, 0.6) is 0 Å². The van der Waals surface area contributed by atoms with E-state index in [1.54, 1.807) is 95.3 Å². The number of nitrogens with zero attached hydrogens (tertiary/aromatic N) is 3. The van der Waals surface area contributed by atoms with Gasteiger partial charge in [0, 0.05) is 19.6 Å². The average Bonchev–Trinajstić information content (AvgIpc) is 3.14. The summed E-state index contributed by atoms with van der Waals surface area (Å²) in [7, 11) is -4.39. The summed E-state index contributed by atoms with van der Waals surface area (Å²) < 4.78 is 52.1. The lowest BCUT2D eigenvalue weighted by Gasteiger charge is -2.49. The third kappa shape index (κ3) is 11.8. The summed E-state index contributed by atoms with van der Waals surface area (Å²) in [5, 5.41) is 6.96. The van der Waals surface area contributed by atoms with E-state index < -0.39 is 84.5 Å². The predicted octanol–water partition coefficient (Wildman–Crippen LogP) is 5.20. The Hall–Kier alpha value is -5.79.